The standard InChI is InChI=1S/C14H20N2.C8H8FN.C6H13N4.Na/c1-12(14-9-6-10-16(14)2)15-11-13-7-4-3-5-8-13;9-8-7(6-3-4-6)2-1-5-10-8;1-3-4-10(8)6(5-7)9-2;/h3-5,7-8,14-15H,1,6,9-11H2,2H3;1-2,5-6H,3-4H2;3,5H,1,4,7-8H2,2H3;/q;;-1;+1/b;;6-5-;. The van der Waals surface area contributed by atoms with Crippen LogP contribution in [0.5, 0.6) is 0 Å². The first-order valence-corrected chi connectivity index (χ1v) is 12.3. The van der Waals surface area contributed by atoms with E-state index in [1.54, 1.807) is 19.2 Å². The fourth-order valence-corrected chi connectivity index (χ4v) is 3.91. The Balaban J connectivity index is 0.000000287. The average Bonchev–Trinajstić information content (AvgIpc) is 3.65. The SMILES string of the molecule is C=C(NCc1ccccc1)C1CCCN1C.C=CCN(N)/C(=C\N)[N-]C.Fc1ncccc1C1CC1.[Na+]. The van der Waals surface area contributed by atoms with Gasteiger partial charge in [0.1, 0.15) is 0 Å². The molecule has 0 bridgehead atoms. The van der Waals surface area contributed by atoms with E-state index in [4.69, 9.17) is 11.6 Å². The van der Waals surface area contributed by atoms with Crippen molar-refractivity contribution in [3.63, 3.8) is 0 Å². The predicted molar refractivity (Wildman–Crippen MR) is 147 cm³/mol. The van der Waals surface area contributed by atoms with Gasteiger partial charge in [-0.25, -0.2) is 4.98 Å². The van der Waals surface area contributed by atoms with Gasteiger partial charge in [-0.2, -0.15) is 4.39 Å². The second kappa shape index (κ2) is 18.0. The van der Waals surface area contributed by atoms with E-state index in [1.165, 1.54) is 42.4 Å². The van der Waals surface area contributed by atoms with Crippen LogP contribution in [0.3, 0.4) is 0 Å². The maximum atomic E-state index is 12.8. The van der Waals surface area contributed by atoms with E-state index in [1.807, 2.05) is 12.1 Å². The first kappa shape index (κ1) is 32.7. The fourth-order valence-electron chi connectivity index (χ4n) is 3.91. The van der Waals surface area contributed by atoms with Crippen LogP contribution in [0.2, 0.25) is 0 Å². The summed E-state index contributed by atoms with van der Waals surface area (Å²) in [6.07, 6.45) is 9.29. The topological polar surface area (TPSA) is 97.5 Å². The third-order valence-corrected chi connectivity index (χ3v) is 6.09. The van der Waals surface area contributed by atoms with Gasteiger partial charge in [0.15, 0.2) is 0 Å². The summed E-state index contributed by atoms with van der Waals surface area (Å²) in [5, 5.41) is 8.66. The number of hydrazine groups is 1. The van der Waals surface area contributed by atoms with Crippen LogP contribution in [0.4, 0.5) is 4.39 Å². The van der Waals surface area contributed by atoms with Gasteiger partial charge < -0.3 is 27.2 Å². The van der Waals surface area contributed by atoms with Crippen molar-refractivity contribution in [3.05, 3.63) is 108 Å². The Bertz CT molecular complexity index is 966. The van der Waals surface area contributed by atoms with Crippen molar-refractivity contribution in [3.8, 4) is 0 Å². The molecule has 1 saturated heterocycles. The van der Waals surface area contributed by atoms with Gasteiger partial charge in [-0.1, -0.05) is 56.1 Å². The largest absolute Gasteiger partial charge is 1.00 e. The van der Waals surface area contributed by atoms with Crippen LogP contribution in [0.25, 0.3) is 5.32 Å². The molecule has 5 N–H and O–H groups in total. The van der Waals surface area contributed by atoms with Crippen molar-refractivity contribution in [1.29, 1.82) is 0 Å². The first-order chi connectivity index (χ1) is 17.4. The van der Waals surface area contributed by atoms with Gasteiger partial charge in [0.05, 0.1) is 0 Å². The maximum Gasteiger partial charge on any atom is 1.00 e. The molecular formula is C28H41FN7Na. The number of hydrogen-bond donors (Lipinski definition) is 3. The molecule has 0 radical (unpaired) electrons. The molecule has 1 aromatic carbocycles. The summed E-state index contributed by atoms with van der Waals surface area (Å²) >= 11 is 0. The molecule has 0 spiro atoms. The third-order valence-electron chi connectivity index (χ3n) is 6.09. The Morgan fingerprint density at radius 3 is 2.46 bits per heavy atom. The van der Waals surface area contributed by atoms with Gasteiger partial charge in [-0.15, -0.1) is 6.58 Å². The minimum atomic E-state index is -0.287. The number of aromatic nitrogens is 1. The van der Waals surface area contributed by atoms with Crippen LogP contribution < -0.4 is 46.5 Å². The quantitative estimate of drug-likeness (QED) is 0.154. The summed E-state index contributed by atoms with van der Waals surface area (Å²) in [6, 6.07) is 14.6. The van der Waals surface area contributed by atoms with Gasteiger partial charge in [-0.3, -0.25) is 4.90 Å². The van der Waals surface area contributed by atoms with E-state index in [-0.39, 0.29) is 35.5 Å². The molecule has 2 fully saturated rings. The number of nitrogens with two attached hydrogens (primary N) is 2. The molecule has 1 aliphatic carbocycles. The van der Waals surface area contributed by atoms with Crippen LogP contribution in [0.15, 0.2) is 85.6 Å². The second-order valence-electron chi connectivity index (χ2n) is 8.85. The summed E-state index contributed by atoms with van der Waals surface area (Å²) in [5.74, 6) is 6.20. The maximum absolute atomic E-state index is 12.8. The number of nitrogens with one attached hydrogen (secondary N) is 1. The number of nitrogens with zero attached hydrogens (tertiary/aromatic N) is 4. The Kier molecular flexibility index (Phi) is 15.9. The van der Waals surface area contributed by atoms with E-state index < -0.39 is 0 Å². The van der Waals surface area contributed by atoms with Crippen molar-refractivity contribution in [2.45, 2.75) is 44.2 Å². The Morgan fingerprint density at radius 2 is 1.95 bits per heavy atom. The molecule has 4 rings (SSSR count). The van der Waals surface area contributed by atoms with Crippen molar-refractivity contribution < 1.29 is 33.9 Å². The van der Waals surface area contributed by atoms with E-state index in [0.29, 0.717) is 24.3 Å². The number of benzene rings is 1. The third kappa shape index (κ3) is 11.7. The summed E-state index contributed by atoms with van der Waals surface area (Å²) < 4.78 is 12.8. The van der Waals surface area contributed by atoms with E-state index >= 15 is 0 Å². The number of halogens is 1. The van der Waals surface area contributed by atoms with Crippen LogP contribution in [0.1, 0.15) is 42.7 Å². The normalized spacial score (nSPS) is 16.6. The Hall–Kier alpha value is -2.36. The molecular weight excluding hydrogens is 476 g/mol. The molecule has 37 heavy (non-hydrogen) atoms. The van der Waals surface area contributed by atoms with Gasteiger partial charge in [0, 0.05) is 30.0 Å². The van der Waals surface area contributed by atoms with E-state index in [9.17, 15) is 4.39 Å². The minimum absolute atomic E-state index is 0. The van der Waals surface area contributed by atoms with Crippen LogP contribution >= 0.6 is 0 Å². The van der Waals surface area contributed by atoms with Crippen LogP contribution in [-0.2, 0) is 6.54 Å². The molecule has 0 amide bonds. The Labute approximate surface area is 244 Å². The predicted octanol–water partition coefficient (Wildman–Crippen LogP) is 1.60. The van der Waals surface area contributed by atoms with Gasteiger partial charge in [0.25, 0.3) is 0 Å². The van der Waals surface area contributed by atoms with Crippen molar-refractivity contribution in [2.24, 2.45) is 11.6 Å². The second-order valence-corrected chi connectivity index (χ2v) is 8.85. The van der Waals surface area contributed by atoms with Crippen molar-refractivity contribution in [2.75, 3.05) is 27.2 Å². The van der Waals surface area contributed by atoms with Crippen LogP contribution in [-0.4, -0.2) is 48.1 Å². The number of likely N-dealkylation sites (tertiary alicyclic amines) is 1. The number of pyridine rings is 1. The molecule has 2 aromatic rings. The van der Waals surface area contributed by atoms with E-state index in [0.717, 1.165) is 30.6 Å². The van der Waals surface area contributed by atoms with Crippen molar-refractivity contribution in [1.82, 2.24) is 20.2 Å². The van der Waals surface area contributed by atoms with Crippen molar-refractivity contribution >= 4 is 0 Å². The van der Waals surface area contributed by atoms with Gasteiger partial charge >= 0.3 is 29.6 Å². The van der Waals surface area contributed by atoms with E-state index in [2.05, 4.69) is 65.0 Å². The first-order valence-electron chi connectivity index (χ1n) is 12.3. The number of likely N-dealkylation sites (N-methyl/N-ethyl adjacent to an activating group) is 1. The average molecular weight is 518 g/mol. The molecule has 7 nitrogen and oxygen atoms in total. The fraction of sp³-hybridized carbons (Fsp3) is 0.393. The molecule has 1 aliphatic heterocycles. The summed E-state index contributed by atoms with van der Waals surface area (Å²) in [5.41, 5.74) is 8.46. The molecule has 1 unspecified atom stereocenters. The zero-order valence-corrected chi connectivity index (χ0v) is 24.6. The monoisotopic (exact) mass is 517 g/mol. The molecule has 196 valence electrons. The van der Waals surface area contributed by atoms with Crippen LogP contribution in [0, 0.1) is 5.95 Å². The molecule has 1 saturated carbocycles. The smallest absolute Gasteiger partial charge is 0.467 e. The van der Waals surface area contributed by atoms with Gasteiger partial charge in [-0.05, 0) is 75.4 Å². The zero-order chi connectivity index (χ0) is 26.3. The molecule has 1 atom stereocenters. The molecule has 1 aromatic heterocycles. The number of hydrogen-bond acceptors (Lipinski definition) is 6. The zero-order valence-electron chi connectivity index (χ0n) is 22.6. The summed E-state index contributed by atoms with van der Waals surface area (Å²) in [6.45, 7) is 10.3. The summed E-state index contributed by atoms with van der Waals surface area (Å²) in [4.78, 5) is 5.95. The molecule has 9 heteroatoms. The Morgan fingerprint density at radius 1 is 1.24 bits per heavy atom. The minimum Gasteiger partial charge on any atom is -0.467 e. The van der Waals surface area contributed by atoms with Gasteiger partial charge in [0.2, 0.25) is 5.95 Å². The summed E-state index contributed by atoms with van der Waals surface area (Å²) in [7, 11) is 3.80. The molecule has 2 aliphatic rings. The number of rotatable bonds is 9. The molecule has 2 heterocycles.